The van der Waals surface area contributed by atoms with Gasteiger partial charge in [0.25, 0.3) is 0 Å². The zero-order valence-corrected chi connectivity index (χ0v) is 42.1. The zero-order chi connectivity index (χ0) is 49.8. The van der Waals surface area contributed by atoms with Gasteiger partial charge in [-0.05, 0) is 110 Å². The molecule has 0 saturated carbocycles. The molecular weight excluding hydrogens is 857 g/mol. The Morgan fingerprint density at radius 2 is 0.557 bits per heavy atom. The van der Waals surface area contributed by atoms with Crippen molar-refractivity contribution in [2.45, 2.75) is 69.2 Å². The van der Waals surface area contributed by atoms with Crippen molar-refractivity contribution in [3.63, 3.8) is 0 Å². The minimum Gasteiger partial charge on any atom is -0.253 e. The number of hydrogen-bond acceptors (Lipinski definition) is 8. The van der Waals surface area contributed by atoms with Crippen LogP contribution in [0.3, 0.4) is 0 Å². The molecule has 0 aliphatic heterocycles. The summed E-state index contributed by atoms with van der Waals surface area (Å²) in [7, 11) is 0. The number of hydrogen-bond donors (Lipinski definition) is 0. The second-order valence-electron chi connectivity index (χ2n) is 17.0. The van der Waals surface area contributed by atoms with Crippen molar-refractivity contribution in [3.8, 4) is 56.4 Å². The maximum Gasteiger partial charge on any atom is 0.163 e. The van der Waals surface area contributed by atoms with Crippen LogP contribution in [0, 0.1) is 69.2 Å². The Morgan fingerprint density at radius 1 is 0.214 bits per heavy atom. The molecule has 6 aromatic carbocycles. The summed E-state index contributed by atoms with van der Waals surface area (Å²) in [4.78, 5) is 34.6. The summed E-state index contributed by atoms with van der Waals surface area (Å²) < 4.78 is 0. The first-order chi connectivity index (χ1) is 33.8. The lowest BCUT2D eigenvalue weighted by atomic mass is 10.0. The van der Waals surface area contributed by atoms with E-state index in [4.69, 9.17) is 0 Å². The first kappa shape index (κ1) is 51.0. The summed E-state index contributed by atoms with van der Waals surface area (Å²) in [5, 5.41) is 0. The van der Waals surface area contributed by atoms with E-state index in [1.54, 1.807) is 0 Å². The van der Waals surface area contributed by atoms with Crippen molar-refractivity contribution in [2.75, 3.05) is 0 Å². The second-order valence-corrected chi connectivity index (χ2v) is 17.0. The van der Waals surface area contributed by atoms with Gasteiger partial charge in [0.05, 0.1) is 11.4 Å². The van der Waals surface area contributed by atoms with E-state index in [9.17, 15) is 0 Å². The van der Waals surface area contributed by atoms with Gasteiger partial charge < -0.3 is 0 Å². The molecule has 0 fully saturated rings. The average molecular weight is 919 g/mol. The molecule has 8 nitrogen and oxygen atoms in total. The molecule has 0 atom stereocenters. The highest BCUT2D eigenvalue weighted by Gasteiger charge is 2.05. The van der Waals surface area contributed by atoms with E-state index in [1.807, 2.05) is 164 Å². The fraction of sp³-hybridized carbons (Fsp3) is 0.161. The summed E-state index contributed by atoms with van der Waals surface area (Å²) >= 11 is 0. The molecule has 350 valence electrons. The Hall–Kier alpha value is -8.36. The molecule has 0 unspecified atom stereocenters. The first-order valence-corrected chi connectivity index (χ1v) is 23.4. The minimum absolute atomic E-state index is 0.746. The molecule has 0 N–H and O–H groups in total. The third kappa shape index (κ3) is 16.5. The van der Waals surface area contributed by atoms with Crippen LogP contribution in [-0.2, 0) is 0 Å². The molecule has 0 radical (unpaired) electrons. The van der Waals surface area contributed by atoms with Crippen molar-refractivity contribution in [1.29, 1.82) is 0 Å². The van der Waals surface area contributed by atoms with E-state index in [0.29, 0.717) is 0 Å². The number of pyridine rings is 1. The summed E-state index contributed by atoms with van der Waals surface area (Å²) in [6.45, 7) is 20.0. The SMILES string of the molecule is Cc1cc(-c2ccccc2)nc(C)n1.Cc1cc(C)cc(-c2ccccc2)c1.Cc1cc(C)nc(-c2ccccc2)c1.Cc1cc(C)nc(-c2ccccc2)n1.Cc1nc(C)nc(-c2ccccc2)n1. The third-order valence-corrected chi connectivity index (χ3v) is 10.4. The maximum absolute atomic E-state index is 4.50. The van der Waals surface area contributed by atoms with E-state index in [-0.39, 0.29) is 0 Å². The zero-order valence-electron chi connectivity index (χ0n) is 42.1. The molecule has 0 amide bonds. The first-order valence-electron chi connectivity index (χ1n) is 23.4. The van der Waals surface area contributed by atoms with Crippen LogP contribution in [0.2, 0.25) is 0 Å². The summed E-state index contributed by atoms with van der Waals surface area (Å²) in [5.41, 5.74) is 17.1. The van der Waals surface area contributed by atoms with Gasteiger partial charge in [-0.3, -0.25) is 4.98 Å². The minimum atomic E-state index is 0.746. The fourth-order valence-corrected chi connectivity index (χ4v) is 7.62. The monoisotopic (exact) mass is 919 g/mol. The quantitative estimate of drug-likeness (QED) is 0.168. The number of aryl methyl sites for hydroxylation is 10. The molecular formula is C62H62N8. The van der Waals surface area contributed by atoms with Gasteiger partial charge in [0.1, 0.15) is 17.5 Å². The number of nitrogens with zero attached hydrogens (tertiary/aromatic N) is 8. The van der Waals surface area contributed by atoms with E-state index in [2.05, 4.69) is 140 Å². The maximum atomic E-state index is 4.50. The van der Waals surface area contributed by atoms with E-state index < -0.39 is 0 Å². The van der Waals surface area contributed by atoms with E-state index in [1.165, 1.54) is 33.4 Å². The molecule has 70 heavy (non-hydrogen) atoms. The normalized spacial score (nSPS) is 10.1. The van der Waals surface area contributed by atoms with Gasteiger partial charge in [0, 0.05) is 45.0 Å². The Balaban J connectivity index is 0.000000143. The van der Waals surface area contributed by atoms with E-state index >= 15 is 0 Å². The molecule has 4 aromatic heterocycles. The molecule has 0 aliphatic rings. The molecule has 4 heterocycles. The van der Waals surface area contributed by atoms with Crippen LogP contribution in [0.4, 0.5) is 0 Å². The smallest absolute Gasteiger partial charge is 0.163 e. The van der Waals surface area contributed by atoms with Crippen molar-refractivity contribution < 1.29 is 0 Å². The number of rotatable bonds is 5. The Morgan fingerprint density at radius 3 is 0.986 bits per heavy atom. The van der Waals surface area contributed by atoms with E-state index in [0.717, 1.165) is 80.0 Å². The summed E-state index contributed by atoms with van der Waals surface area (Å²) in [6.07, 6.45) is 0. The Kier molecular flexibility index (Phi) is 18.7. The Labute approximate surface area is 414 Å². The molecule has 0 spiro atoms. The van der Waals surface area contributed by atoms with Crippen LogP contribution in [-0.4, -0.2) is 39.9 Å². The predicted octanol–water partition coefficient (Wildman–Crippen LogP) is 15.0. The van der Waals surface area contributed by atoms with Crippen LogP contribution in [0.25, 0.3) is 56.4 Å². The van der Waals surface area contributed by atoms with Gasteiger partial charge in [0.15, 0.2) is 11.6 Å². The fourth-order valence-electron chi connectivity index (χ4n) is 7.62. The lowest BCUT2D eigenvalue weighted by Gasteiger charge is -2.04. The lowest BCUT2D eigenvalue weighted by molar-refractivity contribution is 0.928. The van der Waals surface area contributed by atoms with Crippen molar-refractivity contribution in [1.82, 2.24) is 39.9 Å². The van der Waals surface area contributed by atoms with Gasteiger partial charge in [-0.1, -0.05) is 181 Å². The van der Waals surface area contributed by atoms with Crippen LogP contribution >= 0.6 is 0 Å². The number of benzene rings is 6. The topological polar surface area (TPSA) is 103 Å². The molecule has 0 aliphatic carbocycles. The van der Waals surface area contributed by atoms with Crippen LogP contribution in [0.15, 0.2) is 194 Å². The van der Waals surface area contributed by atoms with Crippen molar-refractivity contribution in [2.24, 2.45) is 0 Å². The van der Waals surface area contributed by atoms with Gasteiger partial charge in [-0.2, -0.15) is 0 Å². The van der Waals surface area contributed by atoms with Crippen LogP contribution < -0.4 is 0 Å². The highest BCUT2D eigenvalue weighted by molar-refractivity contribution is 5.65. The van der Waals surface area contributed by atoms with Crippen LogP contribution in [0.1, 0.15) is 56.9 Å². The molecule has 0 bridgehead atoms. The molecule has 10 rings (SSSR count). The summed E-state index contributed by atoms with van der Waals surface area (Å²) in [5.74, 6) is 3.90. The van der Waals surface area contributed by atoms with Gasteiger partial charge in [-0.15, -0.1) is 0 Å². The molecule has 8 heteroatoms. The lowest BCUT2D eigenvalue weighted by Crippen LogP contribution is -1.98. The van der Waals surface area contributed by atoms with Crippen molar-refractivity contribution in [3.05, 3.63) is 251 Å². The largest absolute Gasteiger partial charge is 0.253 e. The average Bonchev–Trinajstić information content (AvgIpc) is 3.35. The van der Waals surface area contributed by atoms with Gasteiger partial charge in [0.2, 0.25) is 0 Å². The van der Waals surface area contributed by atoms with Gasteiger partial charge in [-0.25, -0.2) is 34.9 Å². The van der Waals surface area contributed by atoms with Gasteiger partial charge >= 0.3 is 0 Å². The summed E-state index contributed by atoms with van der Waals surface area (Å²) in [6, 6.07) is 65.7. The second kappa shape index (κ2) is 25.7. The third-order valence-electron chi connectivity index (χ3n) is 10.4. The highest BCUT2D eigenvalue weighted by Crippen LogP contribution is 2.22. The van der Waals surface area contributed by atoms with Crippen LogP contribution in [0.5, 0.6) is 0 Å². The van der Waals surface area contributed by atoms with Crippen molar-refractivity contribution >= 4 is 0 Å². The standard InChI is InChI=1S/C14H14.C13H13N.2C12H12N2.C11H11N3/c1-11-8-12(2)10-14(9-11)13-6-4-3-5-7-13;1-10-8-11(2)14-13(9-10)12-6-4-3-5-7-12;1-9-8-12(14-10(2)13-9)11-6-4-3-5-7-11;1-9-8-10(2)14-12(13-9)11-6-4-3-5-7-11;1-8-12-9(2)14-11(13-8)10-6-4-3-5-7-10/h3-10H,1-2H3;3-9H,1-2H3;2*3-8H,1-2H3;3-7H,1-2H3. The predicted molar refractivity (Wildman–Crippen MR) is 289 cm³/mol. The highest BCUT2D eigenvalue weighted by atomic mass is 15.0. The number of aromatic nitrogens is 8. The molecule has 10 aromatic rings. The molecule has 0 saturated heterocycles. The Bertz CT molecular complexity index is 2570.